The molecule has 3 aromatic heterocycles. The van der Waals surface area contributed by atoms with E-state index in [-0.39, 0.29) is 61.6 Å². The first-order valence-corrected chi connectivity index (χ1v) is 16.6. The van der Waals surface area contributed by atoms with Gasteiger partial charge in [-0.1, -0.05) is 30.3 Å². The Morgan fingerprint density at radius 3 is 2.56 bits per heavy atom. The van der Waals surface area contributed by atoms with Crippen LogP contribution in [0.5, 0.6) is 0 Å². The number of nitrogens with zero attached hydrogens (tertiary/aromatic N) is 7. The van der Waals surface area contributed by atoms with E-state index >= 15 is 4.39 Å². The van der Waals surface area contributed by atoms with E-state index in [2.05, 4.69) is 26.4 Å². The molecule has 2 aliphatic rings. The summed E-state index contributed by atoms with van der Waals surface area (Å²) in [6.45, 7) is 7.72. The van der Waals surface area contributed by atoms with Crippen molar-refractivity contribution in [1.82, 2.24) is 29.3 Å². The highest BCUT2D eigenvalue weighted by molar-refractivity contribution is 7.90. The predicted molar refractivity (Wildman–Crippen MR) is 170 cm³/mol. The van der Waals surface area contributed by atoms with Crippen LogP contribution in [0, 0.1) is 5.82 Å². The van der Waals surface area contributed by atoms with Gasteiger partial charge in [0.15, 0.2) is 15.5 Å². The number of rotatable bonds is 6. The number of piperazine rings is 1. The summed E-state index contributed by atoms with van der Waals surface area (Å²) in [6, 6.07) is 7.38. The molecule has 0 aliphatic carbocycles. The largest absolute Gasteiger partial charge is 0.355 e. The van der Waals surface area contributed by atoms with E-state index in [4.69, 9.17) is 11.6 Å². The van der Waals surface area contributed by atoms with Crippen LogP contribution < -0.4 is 10.6 Å². The molecule has 1 atom stereocenters. The molecule has 45 heavy (non-hydrogen) atoms. The van der Waals surface area contributed by atoms with Gasteiger partial charge >= 0.3 is 5.69 Å². The number of hydrogen-bond acceptors (Lipinski definition) is 9. The Morgan fingerprint density at radius 1 is 1.16 bits per heavy atom. The number of likely N-dealkylation sites (tertiary alicyclic amines) is 1. The summed E-state index contributed by atoms with van der Waals surface area (Å²) in [5, 5.41) is 0.356. The van der Waals surface area contributed by atoms with E-state index in [0.717, 1.165) is 6.26 Å². The van der Waals surface area contributed by atoms with Crippen LogP contribution >= 0.6 is 11.6 Å². The highest BCUT2D eigenvalue weighted by Crippen LogP contribution is 2.38. The number of benzene rings is 1. The number of amides is 1. The van der Waals surface area contributed by atoms with Gasteiger partial charge in [-0.05, 0) is 43.8 Å². The number of likely N-dealkylation sites (N-methyl/N-ethyl adjacent to an activating group) is 1. The minimum absolute atomic E-state index is 0.0242. The third-order valence-corrected chi connectivity index (χ3v) is 9.80. The molecule has 0 N–H and O–H groups in total. The van der Waals surface area contributed by atoms with E-state index < -0.39 is 21.3 Å². The lowest BCUT2D eigenvalue weighted by Gasteiger charge is -2.40. The van der Waals surface area contributed by atoms with E-state index in [9.17, 15) is 18.0 Å². The lowest BCUT2D eigenvalue weighted by Crippen LogP contribution is -2.54. The van der Waals surface area contributed by atoms with E-state index in [0.29, 0.717) is 38.3 Å². The average molecular weight is 652 g/mol. The Bertz CT molecular complexity index is 2030. The lowest BCUT2D eigenvalue weighted by molar-refractivity contribution is -0.126. The molecular formula is C31H31ClFN7O4S. The van der Waals surface area contributed by atoms with Crippen molar-refractivity contribution in [2.24, 2.45) is 0 Å². The van der Waals surface area contributed by atoms with Crippen molar-refractivity contribution in [3.8, 4) is 16.9 Å². The first-order chi connectivity index (χ1) is 21.4. The topological polar surface area (TPSA) is 122 Å². The van der Waals surface area contributed by atoms with Crippen LogP contribution in [-0.4, -0.2) is 95.7 Å². The third-order valence-electron chi connectivity index (χ3n) is 8.37. The van der Waals surface area contributed by atoms with Crippen LogP contribution in [0.3, 0.4) is 0 Å². The van der Waals surface area contributed by atoms with Crippen LogP contribution in [0.1, 0.15) is 18.4 Å². The molecule has 2 aliphatic heterocycles. The van der Waals surface area contributed by atoms with Crippen LogP contribution in [0.15, 0.2) is 65.1 Å². The van der Waals surface area contributed by atoms with Gasteiger partial charge in [0.05, 0.1) is 21.0 Å². The van der Waals surface area contributed by atoms with Gasteiger partial charge in [-0.25, -0.2) is 27.2 Å². The highest BCUT2D eigenvalue weighted by atomic mass is 35.5. The van der Waals surface area contributed by atoms with Crippen molar-refractivity contribution in [1.29, 1.82) is 0 Å². The maximum absolute atomic E-state index is 16.0. The molecule has 0 bridgehead atoms. The lowest BCUT2D eigenvalue weighted by atomic mass is 9.90. The monoisotopic (exact) mass is 651 g/mol. The smallest absolute Gasteiger partial charge is 0.350 e. The molecule has 2 saturated heterocycles. The van der Waals surface area contributed by atoms with E-state index in [1.54, 1.807) is 17.0 Å². The number of sulfone groups is 1. The number of para-hydroxylation sites is 1. The fourth-order valence-electron chi connectivity index (χ4n) is 6.19. The number of fused-ring (bicyclic) bond motifs is 1. The summed E-state index contributed by atoms with van der Waals surface area (Å²) in [5.41, 5.74) is 0.171. The van der Waals surface area contributed by atoms with Gasteiger partial charge < -0.3 is 14.7 Å². The molecule has 6 rings (SSSR count). The van der Waals surface area contributed by atoms with Gasteiger partial charge in [-0.2, -0.15) is 4.98 Å². The Hall–Kier alpha value is -4.20. The van der Waals surface area contributed by atoms with Crippen molar-refractivity contribution < 1.29 is 17.6 Å². The normalized spacial score (nSPS) is 17.8. The summed E-state index contributed by atoms with van der Waals surface area (Å²) in [6.07, 6.45) is 5.15. The third kappa shape index (κ3) is 5.49. The standard InChI is InChI=1S/C31H31ClFN7O4S/c1-5-26(41)38-11-12-39(18(2)15-38)29-22-13-24(33)27(21-9-10-34-14-23(21)32)35-30(22)40(31(42)36-29)28-20(19-16-37(3)17-19)7-6-8-25(28)45(4,43)44/h5-10,13-14,18-19H,1,11-12,15-17H2,2-4H3/t18-/m0/s1. The second-order valence-corrected chi connectivity index (χ2v) is 13.9. The molecule has 5 heterocycles. The Labute approximate surface area is 264 Å². The van der Waals surface area contributed by atoms with Crippen LogP contribution in [0.2, 0.25) is 5.02 Å². The first kappa shape index (κ1) is 30.8. The Balaban J connectivity index is 1.67. The van der Waals surface area contributed by atoms with Crippen molar-refractivity contribution in [3.05, 3.63) is 82.3 Å². The fraction of sp³-hybridized carbons (Fsp3) is 0.323. The van der Waals surface area contributed by atoms with Gasteiger partial charge in [-0.3, -0.25) is 9.78 Å². The van der Waals surface area contributed by atoms with Crippen LogP contribution in [-0.2, 0) is 14.6 Å². The summed E-state index contributed by atoms with van der Waals surface area (Å²) in [7, 11) is -1.89. The summed E-state index contributed by atoms with van der Waals surface area (Å²) in [5.74, 6) is -0.801. The SMILES string of the molecule is C=CC(=O)N1CCN(c2nc(=O)n(-c3c(C4CN(C)C4)cccc3S(C)(=O)=O)c3nc(-c4ccncc4Cl)c(F)cc23)[C@@H](C)C1. The quantitative estimate of drug-likeness (QED) is 0.289. The second-order valence-electron chi connectivity index (χ2n) is 11.5. The Morgan fingerprint density at radius 2 is 1.91 bits per heavy atom. The van der Waals surface area contributed by atoms with Gasteiger partial charge in [0, 0.05) is 68.9 Å². The van der Waals surface area contributed by atoms with Crippen LogP contribution in [0.25, 0.3) is 28.0 Å². The molecule has 0 saturated carbocycles. The maximum Gasteiger partial charge on any atom is 0.355 e. The number of halogens is 2. The van der Waals surface area contributed by atoms with Crippen molar-refractivity contribution in [2.45, 2.75) is 23.8 Å². The summed E-state index contributed by atoms with van der Waals surface area (Å²) >= 11 is 6.40. The number of hydrogen-bond donors (Lipinski definition) is 0. The molecule has 0 radical (unpaired) electrons. The maximum atomic E-state index is 16.0. The molecule has 0 unspecified atom stereocenters. The summed E-state index contributed by atoms with van der Waals surface area (Å²) < 4.78 is 43.6. The minimum atomic E-state index is -3.84. The molecule has 0 spiro atoms. The Kier molecular flexibility index (Phi) is 7.96. The second kappa shape index (κ2) is 11.6. The number of carbonyl (C=O) groups is 1. The fourth-order valence-corrected chi connectivity index (χ4v) is 7.28. The van der Waals surface area contributed by atoms with Crippen LogP contribution in [0.4, 0.5) is 10.2 Å². The number of pyridine rings is 2. The van der Waals surface area contributed by atoms with Gasteiger partial charge in [0.25, 0.3) is 0 Å². The molecule has 234 valence electrons. The molecular weight excluding hydrogens is 621 g/mol. The highest BCUT2D eigenvalue weighted by Gasteiger charge is 2.34. The first-order valence-electron chi connectivity index (χ1n) is 14.3. The van der Waals surface area contributed by atoms with Crippen molar-refractivity contribution in [3.63, 3.8) is 0 Å². The predicted octanol–water partition coefficient (Wildman–Crippen LogP) is 3.29. The summed E-state index contributed by atoms with van der Waals surface area (Å²) in [4.78, 5) is 45.1. The number of carbonyl (C=O) groups excluding carboxylic acids is 1. The zero-order valence-corrected chi connectivity index (χ0v) is 26.5. The molecule has 14 heteroatoms. The molecule has 2 fully saturated rings. The number of anilines is 1. The van der Waals surface area contributed by atoms with Gasteiger partial charge in [-0.15, -0.1) is 0 Å². The van der Waals surface area contributed by atoms with Gasteiger partial charge in [0.1, 0.15) is 17.3 Å². The van der Waals surface area contributed by atoms with E-state index in [1.165, 1.54) is 41.2 Å². The minimum Gasteiger partial charge on any atom is -0.350 e. The average Bonchev–Trinajstić information content (AvgIpc) is 2.98. The molecule has 4 aromatic rings. The zero-order chi connectivity index (χ0) is 32.2. The van der Waals surface area contributed by atoms with Crippen molar-refractivity contribution in [2.75, 3.05) is 50.9 Å². The molecule has 1 aromatic carbocycles. The van der Waals surface area contributed by atoms with Gasteiger partial charge in [0.2, 0.25) is 5.91 Å². The van der Waals surface area contributed by atoms with Crippen molar-refractivity contribution >= 4 is 44.2 Å². The van der Waals surface area contributed by atoms with E-state index in [1.807, 2.05) is 18.9 Å². The molecule has 11 nitrogen and oxygen atoms in total. The number of aromatic nitrogens is 4. The zero-order valence-electron chi connectivity index (χ0n) is 24.9. The molecule has 1 amide bonds.